The Kier molecular flexibility index (Phi) is 7.05. The average Bonchev–Trinajstić information content (AvgIpc) is 3.28. The Morgan fingerprint density at radius 3 is 2.40 bits per heavy atom. The molecule has 3 aliphatic heterocycles. The number of hydrogen-bond donors (Lipinski definition) is 5. The van der Waals surface area contributed by atoms with Crippen LogP contribution in [0.15, 0.2) is 18.2 Å². The molecule has 1 aromatic rings. The summed E-state index contributed by atoms with van der Waals surface area (Å²) in [7, 11) is 3.01. The maximum absolute atomic E-state index is 13.5. The van der Waals surface area contributed by atoms with E-state index >= 15 is 0 Å². The fourth-order valence-electron chi connectivity index (χ4n) is 12.7. The van der Waals surface area contributed by atoms with Crippen molar-refractivity contribution in [2.45, 2.75) is 113 Å². The third-order valence-electron chi connectivity index (χ3n) is 14.7. The molecule has 3 saturated heterocycles. The fourth-order valence-corrected chi connectivity index (χ4v) is 12.7. The van der Waals surface area contributed by atoms with Crippen molar-refractivity contribution in [1.82, 2.24) is 4.90 Å². The van der Waals surface area contributed by atoms with Crippen LogP contribution in [0.4, 0.5) is 0 Å². The zero-order chi connectivity index (χ0) is 33.5. The van der Waals surface area contributed by atoms with Crippen LogP contribution in [0.1, 0.15) is 76.1 Å². The molecule has 3 heterocycles. The standard InChI is InChI=1S/C36H51NO10/c1-18-6-11-26-33(3,41)28-20(17-37(26)16-18)21-15-34-25(35(21,42)30(39)29(28)38)10-9-24-32(34,2)13-12-27(36(24,43)47-34)46-31(40)19-7-8-22(44-4)23(14-19)45-5/h7-8,14,18,20-21,24-30,38-39,41-43H,6,9-13,15-17H2,1-5H3/t18-,20-,21-,24-,25+,26-,27-,28+,29+,30-,32-,33+,34-,35-,36?/m0/s1. The largest absolute Gasteiger partial charge is 0.493 e. The Hall–Kier alpha value is -1.99. The van der Waals surface area contributed by atoms with Gasteiger partial charge in [0.1, 0.15) is 11.7 Å². The lowest BCUT2D eigenvalue weighted by Gasteiger charge is -2.63. The van der Waals surface area contributed by atoms with E-state index in [-0.39, 0.29) is 23.4 Å². The van der Waals surface area contributed by atoms with Gasteiger partial charge in [0.15, 0.2) is 17.6 Å². The zero-order valence-electron chi connectivity index (χ0n) is 28.1. The number of benzene rings is 1. The van der Waals surface area contributed by atoms with Gasteiger partial charge in [-0.2, -0.15) is 0 Å². The highest BCUT2D eigenvalue weighted by Gasteiger charge is 2.85. The molecular formula is C36H51NO10. The van der Waals surface area contributed by atoms with Crippen molar-refractivity contribution in [2.24, 2.45) is 40.9 Å². The van der Waals surface area contributed by atoms with Gasteiger partial charge in [-0.05, 0) is 87.8 Å². The van der Waals surface area contributed by atoms with Crippen molar-refractivity contribution in [3.8, 4) is 11.5 Å². The number of aliphatic hydroxyl groups is 5. The van der Waals surface area contributed by atoms with E-state index in [4.69, 9.17) is 18.9 Å². The SMILES string of the molecule is COc1ccc(C(=O)O[C@H]2CC[C@@]3(C)[C@@H]4CC[C@H]5[C@]6(O)[C@@H](O)[C@H](O)[C@H]7[C@@H](CN8C[C@@H](C)CC[C@H]8[C@@]7(C)O)[C@@H]6C[C@]53OC24O)cc1OC. The van der Waals surface area contributed by atoms with Gasteiger partial charge in [0.05, 0.1) is 37.1 Å². The summed E-state index contributed by atoms with van der Waals surface area (Å²) < 4.78 is 23.7. The zero-order valence-corrected chi connectivity index (χ0v) is 28.1. The maximum Gasteiger partial charge on any atom is 0.338 e. The normalized spacial score (nSPS) is 52.9. The third-order valence-corrected chi connectivity index (χ3v) is 14.7. The van der Waals surface area contributed by atoms with Gasteiger partial charge in [0.25, 0.3) is 0 Å². The second-order valence-corrected chi connectivity index (χ2v) is 16.5. The first-order valence-corrected chi connectivity index (χ1v) is 17.6. The first-order chi connectivity index (χ1) is 22.2. The number of nitrogens with zero attached hydrogens (tertiary/aromatic N) is 1. The minimum Gasteiger partial charge on any atom is -0.493 e. The highest BCUT2D eigenvalue weighted by atomic mass is 16.7. The number of aliphatic hydroxyl groups excluding tert-OH is 2. The van der Waals surface area contributed by atoms with E-state index in [1.165, 1.54) is 14.2 Å². The molecule has 1 unspecified atom stereocenters. The highest BCUT2D eigenvalue weighted by molar-refractivity contribution is 5.90. The first-order valence-electron chi connectivity index (χ1n) is 17.6. The van der Waals surface area contributed by atoms with E-state index in [2.05, 4.69) is 18.7 Å². The summed E-state index contributed by atoms with van der Waals surface area (Å²) in [5.74, 6) is -3.32. The second kappa shape index (κ2) is 10.3. The average molecular weight is 658 g/mol. The number of ether oxygens (including phenoxy) is 4. The predicted molar refractivity (Wildman–Crippen MR) is 168 cm³/mol. The Morgan fingerprint density at radius 1 is 0.957 bits per heavy atom. The molecule has 1 spiro atoms. The quantitative estimate of drug-likeness (QED) is 0.302. The van der Waals surface area contributed by atoms with Crippen molar-refractivity contribution >= 4 is 5.97 Å². The third kappa shape index (κ3) is 3.91. The van der Waals surface area contributed by atoms with E-state index in [0.717, 1.165) is 19.4 Å². The van der Waals surface area contributed by atoms with Crippen molar-refractivity contribution in [1.29, 1.82) is 0 Å². The van der Waals surface area contributed by atoms with Gasteiger partial charge in [-0.25, -0.2) is 4.79 Å². The van der Waals surface area contributed by atoms with Crippen LogP contribution in [0.25, 0.3) is 0 Å². The van der Waals surface area contributed by atoms with Crippen LogP contribution in [0.5, 0.6) is 11.5 Å². The summed E-state index contributed by atoms with van der Waals surface area (Å²) >= 11 is 0. The van der Waals surface area contributed by atoms with E-state index in [1.54, 1.807) is 25.1 Å². The van der Waals surface area contributed by atoms with Crippen LogP contribution in [0.3, 0.4) is 0 Å². The molecule has 0 aromatic heterocycles. The van der Waals surface area contributed by atoms with E-state index in [9.17, 15) is 30.3 Å². The number of piperidine rings is 2. The molecule has 5 N–H and O–H groups in total. The smallest absolute Gasteiger partial charge is 0.338 e. The predicted octanol–water partition coefficient (Wildman–Crippen LogP) is 2.10. The molecule has 47 heavy (non-hydrogen) atoms. The molecule has 7 aliphatic rings. The molecule has 11 nitrogen and oxygen atoms in total. The molecule has 1 aromatic carbocycles. The summed E-state index contributed by atoms with van der Waals surface area (Å²) in [6.07, 6.45) is 0.454. The Bertz CT molecular complexity index is 1450. The Balaban J connectivity index is 1.14. The van der Waals surface area contributed by atoms with Gasteiger partial charge in [-0.3, -0.25) is 4.90 Å². The number of fused-ring (bicyclic) bond motifs is 5. The van der Waals surface area contributed by atoms with Crippen LogP contribution in [-0.2, 0) is 9.47 Å². The molecule has 4 bridgehead atoms. The number of methoxy groups -OCH3 is 2. The van der Waals surface area contributed by atoms with Crippen LogP contribution >= 0.6 is 0 Å². The summed E-state index contributed by atoms with van der Waals surface area (Å²) in [6.45, 7) is 7.60. The fraction of sp³-hybridized carbons (Fsp3) is 0.806. The summed E-state index contributed by atoms with van der Waals surface area (Å²) in [5, 5.41) is 61.1. The molecule has 4 saturated carbocycles. The monoisotopic (exact) mass is 657 g/mol. The van der Waals surface area contributed by atoms with Crippen LogP contribution in [0, 0.1) is 40.9 Å². The van der Waals surface area contributed by atoms with Gasteiger partial charge in [0.2, 0.25) is 5.79 Å². The van der Waals surface area contributed by atoms with Gasteiger partial charge >= 0.3 is 5.97 Å². The van der Waals surface area contributed by atoms with Crippen molar-refractivity contribution in [3.05, 3.63) is 23.8 Å². The van der Waals surface area contributed by atoms with Crippen LogP contribution < -0.4 is 9.47 Å². The lowest BCUT2D eigenvalue weighted by molar-refractivity contribution is -0.290. The summed E-state index contributed by atoms with van der Waals surface area (Å²) in [5.41, 5.74) is -4.24. The van der Waals surface area contributed by atoms with E-state index < -0.39 is 70.0 Å². The molecule has 260 valence electrons. The van der Waals surface area contributed by atoms with Gasteiger partial charge < -0.3 is 44.5 Å². The molecule has 0 amide bonds. The van der Waals surface area contributed by atoms with Crippen molar-refractivity contribution < 1.29 is 49.3 Å². The van der Waals surface area contributed by atoms with E-state index in [0.29, 0.717) is 56.1 Å². The minimum atomic E-state index is -1.79. The lowest BCUT2D eigenvalue weighted by atomic mass is 9.49. The molecule has 0 radical (unpaired) electrons. The highest BCUT2D eigenvalue weighted by Crippen LogP contribution is 2.77. The van der Waals surface area contributed by atoms with E-state index in [1.807, 2.05) is 0 Å². The summed E-state index contributed by atoms with van der Waals surface area (Å²) in [4.78, 5) is 15.8. The number of rotatable bonds is 4. The molecule has 4 aliphatic carbocycles. The Morgan fingerprint density at radius 2 is 1.68 bits per heavy atom. The first kappa shape index (κ1) is 32.2. The van der Waals surface area contributed by atoms with Gasteiger partial charge in [-0.1, -0.05) is 13.8 Å². The molecule has 15 atom stereocenters. The molecule has 7 fully saturated rings. The lowest BCUT2D eigenvalue weighted by Crippen LogP contribution is -2.76. The van der Waals surface area contributed by atoms with Crippen LogP contribution in [0.2, 0.25) is 0 Å². The molecule has 11 heteroatoms. The molecule has 8 rings (SSSR count). The van der Waals surface area contributed by atoms with Crippen molar-refractivity contribution in [2.75, 3.05) is 27.3 Å². The maximum atomic E-state index is 13.5. The second-order valence-electron chi connectivity index (χ2n) is 16.5. The van der Waals surface area contributed by atoms with Crippen LogP contribution in [-0.4, -0.2) is 111 Å². The minimum absolute atomic E-state index is 0.125. The molecular weight excluding hydrogens is 606 g/mol. The van der Waals surface area contributed by atoms with Gasteiger partial charge in [-0.15, -0.1) is 0 Å². The number of hydrogen-bond acceptors (Lipinski definition) is 11. The summed E-state index contributed by atoms with van der Waals surface area (Å²) in [6, 6.07) is 4.65. The Labute approximate surface area is 276 Å². The van der Waals surface area contributed by atoms with Crippen molar-refractivity contribution in [3.63, 3.8) is 0 Å². The van der Waals surface area contributed by atoms with Gasteiger partial charge in [0, 0.05) is 42.3 Å². The number of carbonyl (C=O) groups excluding carboxylic acids is 1. The topological polar surface area (TPSA) is 158 Å². The number of carbonyl (C=O) groups is 1. The number of esters is 1.